The minimum Gasteiger partial charge on any atom is -0.389 e. The Bertz CT molecular complexity index is 378. The van der Waals surface area contributed by atoms with Crippen LogP contribution in [0.5, 0.6) is 0 Å². The molecule has 3 nitrogen and oxygen atoms in total. The van der Waals surface area contributed by atoms with Crippen LogP contribution >= 0.6 is 11.8 Å². The van der Waals surface area contributed by atoms with Gasteiger partial charge >= 0.3 is 0 Å². The topological polar surface area (TPSA) is 49.5 Å². The second-order valence-electron chi connectivity index (χ2n) is 6.68. The summed E-state index contributed by atoms with van der Waals surface area (Å²) < 4.78 is 0. The van der Waals surface area contributed by atoms with Gasteiger partial charge in [0.1, 0.15) is 0 Å². The van der Waals surface area contributed by atoms with Gasteiger partial charge < -0.3 is 15.7 Å². The Labute approximate surface area is 147 Å². The Morgan fingerprint density at radius 2 is 2.04 bits per heavy atom. The molecular weight excluding hydrogens is 304 g/mol. The van der Waals surface area contributed by atoms with Crippen molar-refractivity contribution in [1.82, 2.24) is 4.90 Å². The largest absolute Gasteiger partial charge is 0.389 e. The molecule has 2 unspecified atom stereocenters. The van der Waals surface area contributed by atoms with Gasteiger partial charge in [-0.1, -0.05) is 39.8 Å². The maximum atomic E-state index is 11.3. The van der Waals surface area contributed by atoms with Crippen molar-refractivity contribution in [1.29, 1.82) is 0 Å². The van der Waals surface area contributed by atoms with E-state index in [0.29, 0.717) is 6.04 Å². The van der Waals surface area contributed by atoms with Gasteiger partial charge in [0.2, 0.25) is 0 Å². The molecule has 0 saturated carbocycles. The minimum absolute atomic E-state index is 0.123. The Morgan fingerprint density at radius 1 is 1.39 bits per heavy atom. The summed E-state index contributed by atoms with van der Waals surface area (Å²) in [5.74, 6) is 1.17. The molecule has 4 heteroatoms. The van der Waals surface area contributed by atoms with E-state index in [9.17, 15) is 5.11 Å². The van der Waals surface area contributed by atoms with Crippen molar-refractivity contribution >= 4 is 11.8 Å². The molecule has 1 saturated heterocycles. The van der Waals surface area contributed by atoms with Gasteiger partial charge in [0.15, 0.2) is 0 Å². The maximum Gasteiger partial charge on any atom is 0.0725 e. The summed E-state index contributed by atoms with van der Waals surface area (Å²) >= 11 is 1.79. The average molecular weight is 341 g/mol. The summed E-state index contributed by atoms with van der Waals surface area (Å²) in [6.45, 7) is 13.4. The number of piperidine rings is 1. The third-order valence-electron chi connectivity index (χ3n) is 5.04. The molecule has 2 atom stereocenters. The van der Waals surface area contributed by atoms with Crippen LogP contribution in [0.25, 0.3) is 0 Å². The summed E-state index contributed by atoms with van der Waals surface area (Å²) in [5.41, 5.74) is 6.57. The van der Waals surface area contributed by atoms with Gasteiger partial charge in [0, 0.05) is 18.5 Å². The van der Waals surface area contributed by atoms with Gasteiger partial charge in [-0.15, -0.1) is 11.8 Å². The third-order valence-corrected chi connectivity index (χ3v) is 5.81. The Kier molecular flexibility index (Phi) is 9.52. The van der Waals surface area contributed by atoms with E-state index >= 15 is 0 Å². The van der Waals surface area contributed by atoms with Crippen molar-refractivity contribution in [3.8, 4) is 0 Å². The van der Waals surface area contributed by atoms with Crippen LogP contribution in [0.4, 0.5) is 0 Å². The number of aliphatic hydroxyl groups is 1. The first-order valence-corrected chi connectivity index (χ1v) is 10.2. The van der Waals surface area contributed by atoms with Crippen LogP contribution in [0.2, 0.25) is 0 Å². The van der Waals surface area contributed by atoms with Gasteiger partial charge in [0.05, 0.1) is 5.60 Å². The highest BCUT2D eigenvalue weighted by atomic mass is 32.2. The van der Waals surface area contributed by atoms with Crippen LogP contribution in [-0.4, -0.2) is 47.0 Å². The Hall–Kier alpha value is -0.290. The third kappa shape index (κ3) is 6.26. The molecule has 0 aromatic carbocycles. The number of hydrogen-bond donors (Lipinski definition) is 2. The Morgan fingerprint density at radius 3 is 2.52 bits per heavy atom. The number of allylic oxidation sites excluding steroid dienone is 1. The fourth-order valence-electron chi connectivity index (χ4n) is 3.46. The number of rotatable bonds is 10. The van der Waals surface area contributed by atoms with E-state index in [4.69, 9.17) is 5.73 Å². The molecule has 1 aliphatic rings. The monoisotopic (exact) mass is 340 g/mol. The fraction of sp³-hybridized carbons (Fsp3) is 0.789. The summed E-state index contributed by atoms with van der Waals surface area (Å²) in [6, 6.07) is 0.343. The van der Waals surface area contributed by atoms with Crippen molar-refractivity contribution < 1.29 is 5.11 Å². The Balaban J connectivity index is 2.96. The average Bonchev–Trinajstić information content (AvgIpc) is 2.56. The van der Waals surface area contributed by atoms with E-state index < -0.39 is 5.60 Å². The molecule has 1 heterocycles. The van der Waals surface area contributed by atoms with E-state index in [1.165, 1.54) is 5.57 Å². The molecule has 0 aromatic heterocycles. The van der Waals surface area contributed by atoms with Crippen molar-refractivity contribution in [3.63, 3.8) is 0 Å². The van der Waals surface area contributed by atoms with Crippen molar-refractivity contribution in [2.24, 2.45) is 11.7 Å². The van der Waals surface area contributed by atoms with Crippen LogP contribution in [-0.2, 0) is 0 Å². The van der Waals surface area contributed by atoms with E-state index in [1.54, 1.807) is 11.8 Å². The highest BCUT2D eigenvalue weighted by Crippen LogP contribution is 2.35. The predicted octanol–water partition coefficient (Wildman–Crippen LogP) is 3.79. The lowest BCUT2D eigenvalue weighted by molar-refractivity contribution is -0.0291. The maximum absolute atomic E-state index is 11.3. The molecule has 0 amide bonds. The molecule has 0 aromatic rings. The highest BCUT2D eigenvalue weighted by molar-refractivity contribution is 8.02. The van der Waals surface area contributed by atoms with Crippen LogP contribution in [0, 0.1) is 5.92 Å². The number of likely N-dealkylation sites (tertiary alicyclic amines) is 1. The molecule has 0 bridgehead atoms. The van der Waals surface area contributed by atoms with Crippen molar-refractivity contribution in [2.45, 2.75) is 64.5 Å². The molecule has 134 valence electrons. The summed E-state index contributed by atoms with van der Waals surface area (Å²) in [6.07, 6.45) is 6.67. The first-order chi connectivity index (χ1) is 11.0. The second-order valence-corrected chi connectivity index (χ2v) is 7.82. The molecular formula is C19H36N2OS. The van der Waals surface area contributed by atoms with Crippen LogP contribution in [0.15, 0.2) is 23.6 Å². The molecule has 0 spiro atoms. The lowest BCUT2D eigenvalue weighted by atomic mass is 9.77. The van der Waals surface area contributed by atoms with E-state index in [-0.39, 0.29) is 5.92 Å². The zero-order valence-electron chi connectivity index (χ0n) is 15.3. The number of hydrogen-bond acceptors (Lipinski definition) is 4. The van der Waals surface area contributed by atoms with E-state index in [0.717, 1.165) is 57.5 Å². The molecule has 23 heavy (non-hydrogen) atoms. The van der Waals surface area contributed by atoms with Gasteiger partial charge in [0.25, 0.3) is 0 Å². The van der Waals surface area contributed by atoms with Crippen molar-refractivity contribution in [3.05, 3.63) is 23.6 Å². The van der Waals surface area contributed by atoms with Gasteiger partial charge in [-0.2, -0.15) is 0 Å². The van der Waals surface area contributed by atoms with Crippen LogP contribution in [0.1, 0.15) is 52.9 Å². The molecule has 0 aliphatic carbocycles. The normalized spacial score (nSPS) is 21.9. The van der Waals surface area contributed by atoms with Gasteiger partial charge in [-0.05, 0) is 55.5 Å². The lowest BCUT2D eigenvalue weighted by Gasteiger charge is -2.41. The molecule has 1 aliphatic heterocycles. The van der Waals surface area contributed by atoms with E-state index in [2.05, 4.69) is 37.7 Å². The standard InChI is InChI=1S/C19H36N2OS/c1-5-11-19(22,7-3)18(16(6-2)15-23-8-4)14-21-12-9-17(20)10-13-21/h6,15,17-18,22H,2,5,7-14,20H2,1,3-4H3/b16-15+. The quantitative estimate of drug-likeness (QED) is 0.594. The SMILES string of the molecule is C=C/C(=C\SCC)C(CN1CCC(N)CC1)C(O)(CC)CCC. The molecule has 3 N–H and O–H groups in total. The van der Waals surface area contributed by atoms with Gasteiger partial charge in [-0.25, -0.2) is 0 Å². The molecule has 1 rings (SSSR count). The van der Waals surface area contributed by atoms with E-state index in [1.807, 2.05) is 6.08 Å². The smallest absolute Gasteiger partial charge is 0.0725 e. The lowest BCUT2D eigenvalue weighted by Crippen LogP contribution is -2.48. The summed E-state index contributed by atoms with van der Waals surface area (Å²) in [7, 11) is 0. The summed E-state index contributed by atoms with van der Waals surface area (Å²) in [4.78, 5) is 2.47. The molecule has 1 fully saturated rings. The molecule has 0 radical (unpaired) electrons. The zero-order valence-corrected chi connectivity index (χ0v) is 16.1. The van der Waals surface area contributed by atoms with Crippen LogP contribution in [0.3, 0.4) is 0 Å². The fourth-order valence-corrected chi connectivity index (χ4v) is 4.08. The minimum atomic E-state index is -0.650. The predicted molar refractivity (Wildman–Crippen MR) is 104 cm³/mol. The number of thioether (sulfide) groups is 1. The number of nitrogens with zero attached hydrogens (tertiary/aromatic N) is 1. The summed E-state index contributed by atoms with van der Waals surface area (Å²) in [5, 5.41) is 13.5. The second kappa shape index (κ2) is 10.5. The van der Waals surface area contributed by atoms with Crippen molar-refractivity contribution in [2.75, 3.05) is 25.4 Å². The number of nitrogens with two attached hydrogens (primary N) is 1. The first kappa shape index (κ1) is 20.8. The van der Waals surface area contributed by atoms with Crippen LogP contribution < -0.4 is 5.73 Å². The highest BCUT2D eigenvalue weighted by Gasteiger charge is 2.37. The van der Waals surface area contributed by atoms with Gasteiger partial charge in [-0.3, -0.25) is 0 Å². The first-order valence-electron chi connectivity index (χ1n) is 9.15. The zero-order chi connectivity index (χ0) is 17.3.